The highest BCUT2D eigenvalue weighted by Crippen LogP contribution is 2.20. The molecule has 2 rings (SSSR count). The highest BCUT2D eigenvalue weighted by atomic mass is 79.9. The van der Waals surface area contributed by atoms with E-state index < -0.39 is 0 Å². The molecule has 0 atom stereocenters. The predicted molar refractivity (Wildman–Crippen MR) is 87.1 cm³/mol. The molecular weight excluding hydrogens is 348 g/mol. The maximum absolute atomic E-state index is 11.6. The molecule has 0 saturated carbocycles. The van der Waals surface area contributed by atoms with Crippen molar-refractivity contribution in [3.8, 4) is 11.4 Å². The van der Waals surface area contributed by atoms with E-state index in [1.165, 1.54) is 0 Å². The molecule has 6 nitrogen and oxygen atoms in total. The Morgan fingerprint density at radius 3 is 3.00 bits per heavy atom. The van der Waals surface area contributed by atoms with E-state index in [2.05, 4.69) is 31.4 Å². The minimum Gasteiger partial charge on any atom is -0.355 e. The Hall–Kier alpha value is -1.73. The number of halogens is 1. The summed E-state index contributed by atoms with van der Waals surface area (Å²) >= 11 is 3.42. The zero-order valence-electron chi connectivity index (χ0n) is 12.7. The van der Waals surface area contributed by atoms with E-state index in [9.17, 15) is 4.79 Å². The van der Waals surface area contributed by atoms with Gasteiger partial charge in [-0.2, -0.15) is 4.98 Å². The molecule has 0 aliphatic carbocycles. The molecule has 0 bridgehead atoms. The molecule has 1 N–H and O–H groups in total. The van der Waals surface area contributed by atoms with Crippen molar-refractivity contribution in [1.29, 1.82) is 0 Å². The third kappa shape index (κ3) is 4.92. The van der Waals surface area contributed by atoms with Crippen molar-refractivity contribution >= 4 is 21.8 Å². The summed E-state index contributed by atoms with van der Waals surface area (Å²) in [7, 11) is 1.84. The van der Waals surface area contributed by atoms with Gasteiger partial charge < -0.3 is 9.84 Å². The Labute approximate surface area is 138 Å². The van der Waals surface area contributed by atoms with Gasteiger partial charge in [0.25, 0.3) is 0 Å². The zero-order valence-corrected chi connectivity index (χ0v) is 14.3. The molecule has 1 amide bonds. The summed E-state index contributed by atoms with van der Waals surface area (Å²) < 4.78 is 6.20. The lowest BCUT2D eigenvalue weighted by Gasteiger charge is -2.13. The Morgan fingerprint density at radius 1 is 1.45 bits per heavy atom. The number of benzene rings is 1. The van der Waals surface area contributed by atoms with Gasteiger partial charge in [-0.15, -0.1) is 0 Å². The molecule has 0 aliphatic heterocycles. The van der Waals surface area contributed by atoms with E-state index in [0.29, 0.717) is 31.3 Å². The van der Waals surface area contributed by atoms with Crippen molar-refractivity contribution in [3.05, 3.63) is 34.6 Å². The number of hydrogen-bond acceptors (Lipinski definition) is 5. The molecule has 22 heavy (non-hydrogen) atoms. The van der Waals surface area contributed by atoms with Crippen molar-refractivity contribution in [1.82, 2.24) is 20.4 Å². The van der Waals surface area contributed by atoms with E-state index in [4.69, 9.17) is 4.52 Å². The minimum atomic E-state index is -0.00363. The van der Waals surface area contributed by atoms with Crippen LogP contribution in [0.3, 0.4) is 0 Å². The van der Waals surface area contributed by atoms with Crippen LogP contribution in [0.4, 0.5) is 0 Å². The van der Waals surface area contributed by atoms with Crippen LogP contribution in [0.15, 0.2) is 33.3 Å². The molecule has 7 heteroatoms. The third-order valence-electron chi connectivity index (χ3n) is 2.94. The van der Waals surface area contributed by atoms with E-state index in [1.54, 1.807) is 0 Å². The fourth-order valence-electron chi connectivity index (χ4n) is 1.92. The molecule has 1 aromatic carbocycles. The van der Waals surface area contributed by atoms with Gasteiger partial charge >= 0.3 is 0 Å². The average Bonchev–Trinajstić information content (AvgIpc) is 2.93. The first kappa shape index (κ1) is 16.6. The average molecular weight is 367 g/mol. The van der Waals surface area contributed by atoms with Gasteiger partial charge in [0.2, 0.25) is 17.6 Å². The van der Waals surface area contributed by atoms with E-state index in [0.717, 1.165) is 16.5 Å². The zero-order chi connectivity index (χ0) is 15.9. The Bertz CT molecular complexity index is 630. The van der Waals surface area contributed by atoms with Gasteiger partial charge in [0.05, 0.1) is 13.1 Å². The van der Waals surface area contributed by atoms with Gasteiger partial charge in [-0.25, -0.2) is 0 Å². The normalized spacial score (nSPS) is 10.9. The van der Waals surface area contributed by atoms with E-state index in [1.807, 2.05) is 43.1 Å². The summed E-state index contributed by atoms with van der Waals surface area (Å²) in [5.74, 6) is 1.02. The fraction of sp³-hybridized carbons (Fsp3) is 0.400. The van der Waals surface area contributed by atoms with Crippen LogP contribution in [0.2, 0.25) is 0 Å². The summed E-state index contributed by atoms with van der Waals surface area (Å²) in [6.45, 7) is 3.45. The number of hydrogen-bond donors (Lipinski definition) is 1. The number of aromatic nitrogens is 2. The monoisotopic (exact) mass is 366 g/mol. The molecule has 0 saturated heterocycles. The number of nitrogens with one attached hydrogen (secondary N) is 1. The van der Waals surface area contributed by atoms with Crippen molar-refractivity contribution in [2.24, 2.45) is 0 Å². The van der Waals surface area contributed by atoms with Crippen LogP contribution in [0.25, 0.3) is 11.4 Å². The lowest BCUT2D eigenvalue weighted by atomic mass is 10.2. The first-order valence-electron chi connectivity index (χ1n) is 7.12. The van der Waals surface area contributed by atoms with Crippen molar-refractivity contribution < 1.29 is 9.32 Å². The molecule has 0 unspecified atom stereocenters. The van der Waals surface area contributed by atoms with Crippen LogP contribution in [0.5, 0.6) is 0 Å². The van der Waals surface area contributed by atoms with Crippen LogP contribution in [-0.4, -0.2) is 41.1 Å². The van der Waals surface area contributed by atoms with Crippen molar-refractivity contribution in [3.63, 3.8) is 0 Å². The minimum absolute atomic E-state index is 0.00363. The van der Waals surface area contributed by atoms with Gasteiger partial charge in [-0.3, -0.25) is 9.69 Å². The molecule has 0 fully saturated rings. The molecule has 2 aromatic rings. The third-order valence-corrected chi connectivity index (χ3v) is 3.44. The Morgan fingerprint density at radius 2 is 2.27 bits per heavy atom. The number of carbonyl (C=O) groups is 1. The Kier molecular flexibility index (Phi) is 6.09. The second-order valence-corrected chi connectivity index (χ2v) is 5.96. The van der Waals surface area contributed by atoms with E-state index in [-0.39, 0.29) is 5.91 Å². The largest absolute Gasteiger partial charge is 0.355 e. The smallest absolute Gasteiger partial charge is 0.241 e. The summed E-state index contributed by atoms with van der Waals surface area (Å²) in [6, 6.07) is 7.70. The van der Waals surface area contributed by atoms with Crippen molar-refractivity contribution in [2.45, 2.75) is 19.9 Å². The van der Waals surface area contributed by atoms with E-state index >= 15 is 0 Å². The summed E-state index contributed by atoms with van der Waals surface area (Å²) in [5, 5.41) is 6.81. The summed E-state index contributed by atoms with van der Waals surface area (Å²) in [5.41, 5.74) is 0.882. The maximum atomic E-state index is 11.6. The summed E-state index contributed by atoms with van der Waals surface area (Å²) in [6.07, 6.45) is 0.926. The Balaban J connectivity index is 1.93. The molecule has 0 aliphatic rings. The number of likely N-dealkylation sites (N-methyl/N-ethyl adjacent to an activating group) is 1. The first-order chi connectivity index (χ1) is 10.6. The van der Waals surface area contributed by atoms with Crippen LogP contribution >= 0.6 is 15.9 Å². The predicted octanol–water partition coefficient (Wildman–Crippen LogP) is 2.46. The first-order valence-corrected chi connectivity index (χ1v) is 7.91. The van der Waals surface area contributed by atoms with Crippen LogP contribution in [-0.2, 0) is 11.3 Å². The fourth-order valence-corrected chi connectivity index (χ4v) is 2.32. The number of rotatable bonds is 7. The molecular formula is C15H19BrN4O2. The van der Waals surface area contributed by atoms with Crippen molar-refractivity contribution in [2.75, 3.05) is 20.1 Å². The lowest BCUT2D eigenvalue weighted by molar-refractivity contribution is -0.122. The second-order valence-electron chi connectivity index (χ2n) is 5.04. The van der Waals surface area contributed by atoms with Crippen LogP contribution in [0, 0.1) is 0 Å². The highest BCUT2D eigenvalue weighted by molar-refractivity contribution is 9.10. The van der Waals surface area contributed by atoms with Gasteiger partial charge in [0, 0.05) is 16.6 Å². The van der Waals surface area contributed by atoms with Gasteiger partial charge in [0.15, 0.2) is 0 Å². The number of nitrogens with zero attached hydrogens (tertiary/aromatic N) is 3. The number of amides is 1. The summed E-state index contributed by atoms with van der Waals surface area (Å²) in [4.78, 5) is 17.8. The maximum Gasteiger partial charge on any atom is 0.241 e. The van der Waals surface area contributed by atoms with Gasteiger partial charge in [-0.1, -0.05) is 40.1 Å². The standard InChI is InChI=1S/C15H19BrN4O2/c1-3-7-17-13(21)9-20(2)10-14-18-15(19-22-14)11-5-4-6-12(16)8-11/h4-6,8H,3,7,9-10H2,1-2H3,(H,17,21). The number of carbonyl (C=O) groups excluding carboxylic acids is 1. The van der Waals surface area contributed by atoms with Crippen LogP contribution in [0.1, 0.15) is 19.2 Å². The highest BCUT2D eigenvalue weighted by Gasteiger charge is 2.13. The van der Waals surface area contributed by atoms with Crippen LogP contribution < -0.4 is 5.32 Å². The molecule has 1 aromatic heterocycles. The lowest BCUT2D eigenvalue weighted by Crippen LogP contribution is -2.35. The molecule has 0 radical (unpaired) electrons. The van der Waals surface area contributed by atoms with Gasteiger partial charge in [0.1, 0.15) is 0 Å². The molecule has 118 valence electrons. The quantitative estimate of drug-likeness (QED) is 0.814. The SMILES string of the molecule is CCCNC(=O)CN(C)Cc1nc(-c2cccc(Br)c2)no1. The molecule has 1 heterocycles. The second kappa shape index (κ2) is 8.05. The van der Waals surface area contributed by atoms with Gasteiger partial charge in [-0.05, 0) is 25.6 Å². The topological polar surface area (TPSA) is 71.3 Å². The molecule has 0 spiro atoms.